The molecule has 0 unspecified atom stereocenters. The average Bonchev–Trinajstić information content (AvgIpc) is 2.07. The van der Waals surface area contributed by atoms with E-state index in [1.54, 1.807) is 22.6 Å². The first-order chi connectivity index (χ1) is 6.45. The summed E-state index contributed by atoms with van der Waals surface area (Å²) in [6.07, 6.45) is -1.64. The first-order valence-electron chi connectivity index (χ1n) is 3.37. The standard InChI is InChI=1S/C7H4ClF2IN2O/c8-5-4(7(12)14)3(6(9)10)2(11)1-13-5/h1,6H,(H2,12,14). The molecule has 0 fully saturated rings. The quantitative estimate of drug-likeness (QED) is 0.668. The van der Waals surface area contributed by atoms with Gasteiger partial charge in [0.05, 0.1) is 5.56 Å². The summed E-state index contributed by atoms with van der Waals surface area (Å²) < 4.78 is 25.2. The first-order valence-corrected chi connectivity index (χ1v) is 4.82. The van der Waals surface area contributed by atoms with Gasteiger partial charge in [-0.15, -0.1) is 0 Å². The molecule has 1 aromatic heterocycles. The number of hydrogen-bond acceptors (Lipinski definition) is 2. The number of carbonyl (C=O) groups is 1. The molecule has 76 valence electrons. The molecule has 0 saturated heterocycles. The Morgan fingerprint density at radius 2 is 2.21 bits per heavy atom. The summed E-state index contributed by atoms with van der Waals surface area (Å²) >= 11 is 7.13. The lowest BCUT2D eigenvalue weighted by atomic mass is 10.1. The zero-order chi connectivity index (χ0) is 10.9. The molecule has 1 heterocycles. The Morgan fingerprint density at radius 3 is 2.57 bits per heavy atom. The van der Waals surface area contributed by atoms with Crippen LogP contribution in [0.2, 0.25) is 5.15 Å². The number of pyridine rings is 1. The van der Waals surface area contributed by atoms with Crippen molar-refractivity contribution in [2.24, 2.45) is 5.73 Å². The van der Waals surface area contributed by atoms with Crippen molar-refractivity contribution >= 4 is 40.1 Å². The Bertz CT molecular complexity index is 386. The minimum atomic E-state index is -2.80. The second kappa shape index (κ2) is 4.35. The summed E-state index contributed by atoms with van der Waals surface area (Å²) in [5, 5.41) is -0.298. The Hall–Kier alpha value is -0.500. The molecule has 14 heavy (non-hydrogen) atoms. The van der Waals surface area contributed by atoms with Crippen LogP contribution in [-0.2, 0) is 0 Å². The third-order valence-electron chi connectivity index (χ3n) is 1.49. The number of carbonyl (C=O) groups excluding carboxylic acids is 1. The van der Waals surface area contributed by atoms with Gasteiger partial charge in [-0.3, -0.25) is 4.79 Å². The molecule has 1 aromatic rings. The van der Waals surface area contributed by atoms with Gasteiger partial charge < -0.3 is 5.73 Å². The number of nitrogens with zero attached hydrogens (tertiary/aromatic N) is 1. The van der Waals surface area contributed by atoms with Crippen LogP contribution in [0.1, 0.15) is 22.3 Å². The molecule has 1 amide bonds. The fourth-order valence-electron chi connectivity index (χ4n) is 0.926. The highest BCUT2D eigenvalue weighted by atomic mass is 127. The van der Waals surface area contributed by atoms with Crippen molar-refractivity contribution in [2.75, 3.05) is 0 Å². The second-order valence-corrected chi connectivity index (χ2v) is 3.87. The average molecular weight is 332 g/mol. The van der Waals surface area contributed by atoms with Crippen LogP contribution >= 0.6 is 34.2 Å². The minimum absolute atomic E-state index is 0.163. The summed E-state index contributed by atoms with van der Waals surface area (Å²) in [5.74, 6) is -1.00. The third kappa shape index (κ3) is 2.11. The van der Waals surface area contributed by atoms with Gasteiger partial charge in [-0.2, -0.15) is 0 Å². The SMILES string of the molecule is NC(=O)c1c(Cl)ncc(I)c1C(F)F. The van der Waals surface area contributed by atoms with E-state index in [2.05, 4.69) is 4.98 Å². The molecule has 0 aliphatic heterocycles. The van der Waals surface area contributed by atoms with E-state index >= 15 is 0 Å². The highest BCUT2D eigenvalue weighted by Crippen LogP contribution is 2.30. The molecular weight excluding hydrogens is 328 g/mol. The number of rotatable bonds is 2. The van der Waals surface area contributed by atoms with Crippen molar-refractivity contribution in [3.63, 3.8) is 0 Å². The Balaban J connectivity index is 3.50. The van der Waals surface area contributed by atoms with Crippen LogP contribution in [0.4, 0.5) is 8.78 Å². The lowest BCUT2D eigenvalue weighted by Crippen LogP contribution is -2.16. The number of primary amides is 1. The molecule has 0 saturated carbocycles. The first kappa shape index (κ1) is 11.6. The van der Waals surface area contributed by atoms with E-state index in [-0.39, 0.29) is 8.72 Å². The highest BCUT2D eigenvalue weighted by Gasteiger charge is 2.23. The maximum atomic E-state index is 12.5. The van der Waals surface area contributed by atoms with E-state index in [0.29, 0.717) is 0 Å². The Labute approximate surface area is 96.8 Å². The molecule has 3 nitrogen and oxygen atoms in total. The number of amides is 1. The summed E-state index contributed by atoms with van der Waals surface area (Å²) in [7, 11) is 0. The second-order valence-electron chi connectivity index (χ2n) is 2.35. The van der Waals surface area contributed by atoms with E-state index in [0.717, 1.165) is 6.20 Å². The fourth-order valence-corrected chi connectivity index (χ4v) is 1.81. The molecule has 7 heteroatoms. The summed E-state index contributed by atoms with van der Waals surface area (Å²) in [6.45, 7) is 0. The van der Waals surface area contributed by atoms with Crippen molar-refractivity contribution in [3.05, 3.63) is 26.0 Å². The van der Waals surface area contributed by atoms with Crippen LogP contribution in [0.15, 0.2) is 6.20 Å². The van der Waals surface area contributed by atoms with E-state index in [1.807, 2.05) is 0 Å². The van der Waals surface area contributed by atoms with Crippen LogP contribution in [0.25, 0.3) is 0 Å². The number of halogens is 4. The number of alkyl halides is 2. The number of nitrogens with two attached hydrogens (primary N) is 1. The smallest absolute Gasteiger partial charge is 0.265 e. The molecule has 0 atom stereocenters. The Morgan fingerprint density at radius 1 is 1.64 bits per heavy atom. The normalized spacial score (nSPS) is 10.6. The molecule has 0 bridgehead atoms. The van der Waals surface area contributed by atoms with Gasteiger partial charge >= 0.3 is 0 Å². The van der Waals surface area contributed by atoms with Crippen molar-refractivity contribution in [1.82, 2.24) is 4.98 Å². The van der Waals surface area contributed by atoms with Gasteiger partial charge in [0.1, 0.15) is 5.15 Å². The largest absolute Gasteiger partial charge is 0.365 e. The number of aromatic nitrogens is 1. The molecule has 2 N–H and O–H groups in total. The molecular formula is C7H4ClF2IN2O. The van der Waals surface area contributed by atoms with Gasteiger partial charge in [0.15, 0.2) is 0 Å². The van der Waals surface area contributed by atoms with Gasteiger partial charge in [-0.25, -0.2) is 13.8 Å². The van der Waals surface area contributed by atoms with Crippen LogP contribution in [-0.4, -0.2) is 10.9 Å². The third-order valence-corrected chi connectivity index (χ3v) is 2.63. The molecule has 0 aliphatic carbocycles. The van der Waals surface area contributed by atoms with Crippen molar-refractivity contribution in [3.8, 4) is 0 Å². The molecule has 1 rings (SSSR count). The van der Waals surface area contributed by atoms with E-state index in [4.69, 9.17) is 17.3 Å². The lowest BCUT2D eigenvalue weighted by molar-refractivity contribution is 0.0985. The van der Waals surface area contributed by atoms with E-state index < -0.39 is 23.5 Å². The summed E-state index contributed by atoms with van der Waals surface area (Å²) in [6, 6.07) is 0. The van der Waals surface area contributed by atoms with Crippen LogP contribution in [0.3, 0.4) is 0 Å². The highest BCUT2D eigenvalue weighted by molar-refractivity contribution is 14.1. The molecule has 0 spiro atoms. The fraction of sp³-hybridized carbons (Fsp3) is 0.143. The maximum absolute atomic E-state index is 12.5. The van der Waals surface area contributed by atoms with Crippen molar-refractivity contribution in [2.45, 2.75) is 6.43 Å². The van der Waals surface area contributed by atoms with Crippen molar-refractivity contribution in [1.29, 1.82) is 0 Å². The van der Waals surface area contributed by atoms with Crippen molar-refractivity contribution < 1.29 is 13.6 Å². The molecule has 0 radical (unpaired) electrons. The zero-order valence-corrected chi connectivity index (χ0v) is 9.51. The van der Waals surface area contributed by atoms with Gasteiger partial charge in [0, 0.05) is 15.3 Å². The lowest BCUT2D eigenvalue weighted by Gasteiger charge is -2.08. The van der Waals surface area contributed by atoms with Crippen LogP contribution in [0, 0.1) is 3.57 Å². The predicted molar refractivity (Wildman–Crippen MR) is 55.4 cm³/mol. The number of hydrogen-bond donors (Lipinski definition) is 1. The minimum Gasteiger partial charge on any atom is -0.365 e. The topological polar surface area (TPSA) is 56.0 Å². The van der Waals surface area contributed by atoms with Gasteiger partial charge in [-0.05, 0) is 22.6 Å². The van der Waals surface area contributed by atoms with Gasteiger partial charge in [0.25, 0.3) is 12.3 Å². The monoisotopic (exact) mass is 332 g/mol. The Kier molecular flexibility index (Phi) is 3.59. The zero-order valence-electron chi connectivity index (χ0n) is 6.60. The van der Waals surface area contributed by atoms with Crippen LogP contribution in [0.5, 0.6) is 0 Å². The maximum Gasteiger partial charge on any atom is 0.265 e. The molecule has 0 aromatic carbocycles. The van der Waals surface area contributed by atoms with Crippen LogP contribution < -0.4 is 5.73 Å². The predicted octanol–water partition coefficient (Wildman–Crippen LogP) is 2.38. The van der Waals surface area contributed by atoms with E-state index in [1.165, 1.54) is 0 Å². The van der Waals surface area contributed by atoms with Gasteiger partial charge in [0.2, 0.25) is 0 Å². The molecule has 0 aliphatic rings. The summed E-state index contributed by atoms with van der Waals surface area (Å²) in [4.78, 5) is 14.4. The van der Waals surface area contributed by atoms with E-state index in [9.17, 15) is 13.6 Å². The summed E-state index contributed by atoms with van der Waals surface area (Å²) in [5.41, 5.74) is 4.05. The van der Waals surface area contributed by atoms with Gasteiger partial charge in [-0.1, -0.05) is 11.6 Å².